The van der Waals surface area contributed by atoms with Crippen molar-refractivity contribution >= 4 is 17.7 Å². The highest BCUT2D eigenvalue weighted by atomic mass is 32.2. The minimum Gasteiger partial charge on any atom is -0.481 e. The van der Waals surface area contributed by atoms with Crippen LogP contribution in [0.25, 0.3) is 0 Å². The molecule has 1 aromatic rings. The molecule has 7 heteroatoms. The van der Waals surface area contributed by atoms with Crippen LogP contribution in [0.5, 0.6) is 0 Å². The molecule has 0 saturated carbocycles. The molecule has 2 aliphatic heterocycles. The van der Waals surface area contributed by atoms with Crippen LogP contribution in [-0.4, -0.2) is 49.8 Å². The Bertz CT molecular complexity index is 471. The lowest BCUT2D eigenvalue weighted by atomic mass is 9.90. The normalized spacial score (nSPS) is 30.8. The Morgan fingerprint density at radius 3 is 3.32 bits per heavy atom. The highest BCUT2D eigenvalue weighted by Gasteiger charge is 2.41. The van der Waals surface area contributed by atoms with Gasteiger partial charge in [0.25, 0.3) is 0 Å². The van der Waals surface area contributed by atoms with Crippen LogP contribution in [0.15, 0.2) is 6.20 Å². The second-order valence-electron chi connectivity index (χ2n) is 5.24. The number of aromatic nitrogens is 3. The van der Waals surface area contributed by atoms with Crippen molar-refractivity contribution in [3.8, 4) is 0 Å². The smallest absolute Gasteiger partial charge is 0.309 e. The third-order valence-electron chi connectivity index (χ3n) is 3.80. The fraction of sp³-hybridized carbons (Fsp3) is 0.750. The van der Waals surface area contributed by atoms with Gasteiger partial charge in [0.05, 0.1) is 23.8 Å². The fourth-order valence-electron chi connectivity index (χ4n) is 2.82. The molecular weight excluding hydrogens is 266 g/mol. The third-order valence-corrected chi connectivity index (χ3v) is 5.02. The third kappa shape index (κ3) is 2.76. The van der Waals surface area contributed by atoms with Crippen molar-refractivity contribution in [2.24, 2.45) is 0 Å². The Balaban J connectivity index is 1.71. The van der Waals surface area contributed by atoms with Crippen LogP contribution in [-0.2, 0) is 16.0 Å². The molecule has 0 aromatic carbocycles. The van der Waals surface area contributed by atoms with Crippen LogP contribution in [0.1, 0.15) is 31.0 Å². The van der Waals surface area contributed by atoms with E-state index in [1.165, 1.54) is 0 Å². The minimum atomic E-state index is -0.873. The van der Waals surface area contributed by atoms with Gasteiger partial charge in [-0.1, -0.05) is 5.21 Å². The average Bonchev–Trinajstić information content (AvgIpc) is 2.99. The number of carbonyl (C=O) groups is 1. The van der Waals surface area contributed by atoms with Crippen LogP contribution in [0.4, 0.5) is 0 Å². The molecule has 104 valence electrons. The van der Waals surface area contributed by atoms with Gasteiger partial charge in [0, 0.05) is 18.6 Å². The molecule has 2 fully saturated rings. The second kappa shape index (κ2) is 5.13. The zero-order valence-corrected chi connectivity index (χ0v) is 11.4. The van der Waals surface area contributed by atoms with E-state index in [-0.39, 0.29) is 18.1 Å². The summed E-state index contributed by atoms with van der Waals surface area (Å²) in [6, 6.07) is 0.280. The van der Waals surface area contributed by atoms with Crippen LogP contribution >= 0.6 is 11.8 Å². The number of carboxylic acid groups (broad SMARTS) is 1. The summed E-state index contributed by atoms with van der Waals surface area (Å²) in [4.78, 5) is 10.7. The molecule has 3 heterocycles. The summed E-state index contributed by atoms with van der Waals surface area (Å²) in [6.07, 6.45) is 4.67. The molecule has 1 spiro atoms. The molecule has 0 amide bonds. The van der Waals surface area contributed by atoms with Crippen molar-refractivity contribution < 1.29 is 14.6 Å². The number of hydrogen-bond acceptors (Lipinski definition) is 5. The lowest BCUT2D eigenvalue weighted by Crippen LogP contribution is -2.40. The molecule has 1 N–H and O–H groups in total. The quantitative estimate of drug-likeness (QED) is 0.896. The summed E-state index contributed by atoms with van der Waals surface area (Å²) >= 11 is 1.94. The van der Waals surface area contributed by atoms with Gasteiger partial charge in [-0.05, 0) is 25.0 Å². The molecule has 0 bridgehead atoms. The maximum Gasteiger partial charge on any atom is 0.309 e. The first-order chi connectivity index (χ1) is 9.17. The molecule has 0 aliphatic carbocycles. The van der Waals surface area contributed by atoms with Crippen molar-refractivity contribution in [2.45, 2.75) is 37.3 Å². The van der Waals surface area contributed by atoms with Crippen molar-refractivity contribution in [1.29, 1.82) is 0 Å². The second-order valence-corrected chi connectivity index (χ2v) is 6.35. The number of ether oxygens (including phenoxy) is 1. The van der Waals surface area contributed by atoms with E-state index in [2.05, 4.69) is 10.3 Å². The van der Waals surface area contributed by atoms with Gasteiger partial charge in [0.15, 0.2) is 0 Å². The van der Waals surface area contributed by atoms with Crippen molar-refractivity contribution in [3.63, 3.8) is 0 Å². The molecule has 1 aromatic heterocycles. The van der Waals surface area contributed by atoms with Crippen LogP contribution in [0.2, 0.25) is 0 Å². The van der Waals surface area contributed by atoms with Gasteiger partial charge in [-0.25, -0.2) is 4.68 Å². The van der Waals surface area contributed by atoms with Gasteiger partial charge >= 0.3 is 5.97 Å². The fourth-order valence-corrected chi connectivity index (χ4v) is 4.20. The first-order valence-corrected chi connectivity index (χ1v) is 7.67. The molecular formula is C12H17N3O3S. The first kappa shape index (κ1) is 12.9. The average molecular weight is 283 g/mol. The number of nitrogens with zero attached hydrogens (tertiary/aromatic N) is 3. The summed E-state index contributed by atoms with van der Waals surface area (Å²) in [5.41, 5.74) is 0.529. The molecule has 2 atom stereocenters. The number of thioether (sulfide) groups is 1. The topological polar surface area (TPSA) is 77.2 Å². The highest BCUT2D eigenvalue weighted by molar-refractivity contribution is 7.99. The Kier molecular flexibility index (Phi) is 3.49. The Hall–Kier alpha value is -1.08. The van der Waals surface area contributed by atoms with Gasteiger partial charge in [-0.3, -0.25) is 4.79 Å². The number of hydrogen-bond donors (Lipinski definition) is 1. The van der Waals surface area contributed by atoms with Crippen LogP contribution in [0, 0.1) is 0 Å². The molecule has 2 saturated heterocycles. The lowest BCUT2D eigenvalue weighted by Gasteiger charge is -2.37. The maximum atomic E-state index is 10.7. The van der Waals surface area contributed by atoms with Crippen molar-refractivity contribution in [1.82, 2.24) is 15.0 Å². The Morgan fingerprint density at radius 1 is 1.68 bits per heavy atom. The maximum absolute atomic E-state index is 10.7. The van der Waals surface area contributed by atoms with E-state index in [1.54, 1.807) is 6.20 Å². The van der Waals surface area contributed by atoms with Crippen molar-refractivity contribution in [2.75, 3.05) is 18.1 Å². The van der Waals surface area contributed by atoms with E-state index in [0.717, 1.165) is 37.4 Å². The van der Waals surface area contributed by atoms with E-state index >= 15 is 0 Å². The van der Waals surface area contributed by atoms with Gasteiger partial charge in [0.1, 0.15) is 0 Å². The van der Waals surface area contributed by atoms with E-state index in [4.69, 9.17) is 9.84 Å². The van der Waals surface area contributed by atoms with Crippen LogP contribution in [0.3, 0.4) is 0 Å². The molecule has 2 unspecified atom stereocenters. The molecule has 19 heavy (non-hydrogen) atoms. The summed E-state index contributed by atoms with van der Waals surface area (Å²) < 4.78 is 7.80. The lowest BCUT2D eigenvalue weighted by molar-refractivity contribution is -0.136. The first-order valence-electron chi connectivity index (χ1n) is 6.51. The minimum absolute atomic E-state index is 0.00644. The molecule has 2 aliphatic rings. The summed E-state index contributed by atoms with van der Waals surface area (Å²) in [7, 11) is 0. The summed E-state index contributed by atoms with van der Waals surface area (Å²) in [5, 5.41) is 16.8. The summed E-state index contributed by atoms with van der Waals surface area (Å²) in [5.74, 6) is 1.34. The Labute approximate surface area is 115 Å². The van der Waals surface area contributed by atoms with Gasteiger partial charge in [0.2, 0.25) is 0 Å². The van der Waals surface area contributed by atoms with Gasteiger partial charge in [-0.2, -0.15) is 11.8 Å². The van der Waals surface area contributed by atoms with E-state index in [1.807, 2.05) is 16.4 Å². The number of rotatable bonds is 3. The predicted octanol–water partition coefficient (Wildman–Crippen LogP) is 1.13. The van der Waals surface area contributed by atoms with Gasteiger partial charge in [-0.15, -0.1) is 5.10 Å². The zero-order chi connectivity index (χ0) is 13.3. The SMILES string of the molecule is O=C(O)Cc1cn(C2CCOC3(CCSC3)C2)nn1. The number of carboxylic acids is 1. The largest absolute Gasteiger partial charge is 0.481 e. The van der Waals surface area contributed by atoms with E-state index < -0.39 is 5.97 Å². The summed E-state index contributed by atoms with van der Waals surface area (Å²) in [6.45, 7) is 0.749. The molecule has 3 rings (SSSR count). The van der Waals surface area contributed by atoms with E-state index in [9.17, 15) is 4.79 Å². The molecule has 6 nitrogen and oxygen atoms in total. The monoisotopic (exact) mass is 283 g/mol. The zero-order valence-electron chi connectivity index (χ0n) is 10.6. The number of aliphatic carboxylic acids is 1. The van der Waals surface area contributed by atoms with Gasteiger partial charge < -0.3 is 9.84 Å². The highest BCUT2D eigenvalue weighted by Crippen LogP contribution is 2.41. The van der Waals surface area contributed by atoms with Crippen molar-refractivity contribution in [3.05, 3.63) is 11.9 Å². The molecule has 0 radical (unpaired) electrons. The standard InChI is InChI=1S/C12H17N3O3S/c16-11(17)5-9-7-15(14-13-9)10-1-3-18-12(6-10)2-4-19-8-12/h7,10H,1-6,8H2,(H,16,17). The van der Waals surface area contributed by atoms with Crippen LogP contribution < -0.4 is 0 Å². The Morgan fingerprint density at radius 2 is 2.58 bits per heavy atom. The van der Waals surface area contributed by atoms with E-state index in [0.29, 0.717) is 5.69 Å². The predicted molar refractivity (Wildman–Crippen MR) is 70.3 cm³/mol.